The summed E-state index contributed by atoms with van der Waals surface area (Å²) in [6, 6.07) is 14.0. The lowest BCUT2D eigenvalue weighted by atomic mass is 9.95. The number of hydrogen-bond donors (Lipinski definition) is 5. The molecule has 1 aromatic heterocycles. The Morgan fingerprint density at radius 3 is 2.69 bits per heavy atom. The van der Waals surface area contributed by atoms with E-state index >= 15 is 0 Å². The lowest BCUT2D eigenvalue weighted by molar-refractivity contribution is 0.0251. The van der Waals surface area contributed by atoms with Gasteiger partial charge in [0.2, 0.25) is 0 Å². The van der Waals surface area contributed by atoms with Gasteiger partial charge in [-0.25, -0.2) is 4.79 Å². The number of aromatic nitrogens is 2. The van der Waals surface area contributed by atoms with Crippen LogP contribution in [0.4, 0.5) is 10.5 Å². The fraction of sp³-hybridized carbons (Fsp3) is 0.263. The zero-order valence-corrected chi connectivity index (χ0v) is 14.0. The number of aliphatic hydroxyl groups excluding tert-OH is 2. The molecule has 2 aromatic carbocycles. The number of anilines is 1. The van der Waals surface area contributed by atoms with E-state index in [1.54, 1.807) is 12.3 Å². The number of carbonyl (C=O) groups excluding carboxylic acids is 1. The number of rotatable bonds is 3. The average Bonchev–Trinajstić information content (AvgIpc) is 3.24. The van der Waals surface area contributed by atoms with E-state index in [1.165, 1.54) is 0 Å². The molecule has 5 N–H and O–H groups in total. The van der Waals surface area contributed by atoms with Gasteiger partial charge in [-0.2, -0.15) is 5.10 Å². The highest BCUT2D eigenvalue weighted by Crippen LogP contribution is 2.35. The van der Waals surface area contributed by atoms with Gasteiger partial charge in [-0.3, -0.25) is 5.10 Å². The molecule has 4 rings (SSSR count). The highest BCUT2D eigenvalue weighted by molar-refractivity contribution is 6.00. The predicted octanol–water partition coefficient (Wildman–Crippen LogP) is 1.96. The van der Waals surface area contributed by atoms with Crippen molar-refractivity contribution >= 4 is 22.6 Å². The van der Waals surface area contributed by atoms with E-state index in [1.807, 2.05) is 42.5 Å². The summed E-state index contributed by atoms with van der Waals surface area (Å²) < 4.78 is 0. The minimum Gasteiger partial charge on any atom is -0.390 e. The number of amides is 2. The molecule has 26 heavy (non-hydrogen) atoms. The molecular weight excluding hydrogens is 332 g/mol. The van der Waals surface area contributed by atoms with E-state index in [2.05, 4.69) is 20.8 Å². The van der Waals surface area contributed by atoms with Crippen LogP contribution in [0, 0.1) is 0 Å². The number of urea groups is 1. The Labute approximate surface area is 150 Å². The number of aromatic amines is 1. The first-order chi connectivity index (χ1) is 12.6. The molecule has 7 nitrogen and oxygen atoms in total. The molecule has 4 atom stereocenters. The van der Waals surface area contributed by atoms with Gasteiger partial charge < -0.3 is 20.8 Å². The van der Waals surface area contributed by atoms with Gasteiger partial charge in [0.05, 0.1) is 29.5 Å². The number of carbonyl (C=O) groups is 1. The predicted molar refractivity (Wildman–Crippen MR) is 97.8 cm³/mol. The van der Waals surface area contributed by atoms with E-state index < -0.39 is 24.3 Å². The van der Waals surface area contributed by atoms with Crippen molar-refractivity contribution in [3.05, 3.63) is 60.3 Å². The number of aliphatic hydroxyl groups is 2. The van der Waals surface area contributed by atoms with Crippen LogP contribution in [-0.4, -0.2) is 44.7 Å². The Morgan fingerprint density at radius 1 is 1.08 bits per heavy atom. The Kier molecular flexibility index (Phi) is 4.32. The van der Waals surface area contributed by atoms with E-state index in [4.69, 9.17) is 0 Å². The first-order valence-electron chi connectivity index (χ1n) is 8.54. The molecule has 1 aliphatic carbocycles. The van der Waals surface area contributed by atoms with E-state index in [9.17, 15) is 15.0 Å². The fourth-order valence-electron chi connectivity index (χ4n) is 3.61. The van der Waals surface area contributed by atoms with Gasteiger partial charge in [0.1, 0.15) is 6.10 Å². The van der Waals surface area contributed by atoms with E-state index in [-0.39, 0.29) is 5.92 Å². The largest absolute Gasteiger partial charge is 0.390 e. The van der Waals surface area contributed by atoms with Crippen LogP contribution in [0.1, 0.15) is 17.9 Å². The van der Waals surface area contributed by atoms with Crippen molar-refractivity contribution < 1.29 is 15.0 Å². The van der Waals surface area contributed by atoms with Gasteiger partial charge in [-0.05, 0) is 24.1 Å². The van der Waals surface area contributed by atoms with Gasteiger partial charge >= 0.3 is 6.03 Å². The van der Waals surface area contributed by atoms with Crippen molar-refractivity contribution in [2.75, 3.05) is 5.32 Å². The molecular formula is C19H20N4O3. The average molecular weight is 352 g/mol. The van der Waals surface area contributed by atoms with Crippen LogP contribution in [0.3, 0.4) is 0 Å². The Bertz CT molecular complexity index is 911. The van der Waals surface area contributed by atoms with Crippen LogP contribution in [0.15, 0.2) is 54.7 Å². The minimum absolute atomic E-state index is 0.214. The zero-order valence-electron chi connectivity index (χ0n) is 14.0. The topological polar surface area (TPSA) is 110 Å². The van der Waals surface area contributed by atoms with Crippen LogP contribution >= 0.6 is 0 Å². The van der Waals surface area contributed by atoms with Gasteiger partial charge in [-0.1, -0.05) is 36.4 Å². The second-order valence-electron chi connectivity index (χ2n) is 6.58. The maximum atomic E-state index is 12.4. The van der Waals surface area contributed by atoms with Crippen LogP contribution in [0.2, 0.25) is 0 Å². The van der Waals surface area contributed by atoms with Crippen LogP contribution < -0.4 is 10.6 Å². The fourth-order valence-corrected chi connectivity index (χ4v) is 3.61. The molecule has 0 saturated heterocycles. The molecule has 0 unspecified atom stereocenters. The van der Waals surface area contributed by atoms with Crippen molar-refractivity contribution in [3.8, 4) is 0 Å². The smallest absolute Gasteiger partial charge is 0.319 e. The van der Waals surface area contributed by atoms with Crippen molar-refractivity contribution in [3.63, 3.8) is 0 Å². The molecule has 7 heteroatoms. The van der Waals surface area contributed by atoms with Gasteiger partial charge in [-0.15, -0.1) is 0 Å². The molecule has 0 bridgehead atoms. The van der Waals surface area contributed by atoms with Crippen LogP contribution in [0.25, 0.3) is 10.9 Å². The summed E-state index contributed by atoms with van der Waals surface area (Å²) in [6.07, 6.45) is 0.177. The molecule has 1 aliphatic rings. The molecule has 0 radical (unpaired) electrons. The van der Waals surface area contributed by atoms with E-state index in [0.29, 0.717) is 12.1 Å². The van der Waals surface area contributed by atoms with Crippen molar-refractivity contribution in [2.24, 2.45) is 0 Å². The highest BCUT2D eigenvalue weighted by Gasteiger charge is 2.42. The molecule has 0 spiro atoms. The summed E-state index contributed by atoms with van der Waals surface area (Å²) in [5.41, 5.74) is 2.40. The van der Waals surface area contributed by atoms with Crippen LogP contribution in [-0.2, 0) is 0 Å². The monoisotopic (exact) mass is 352 g/mol. The summed E-state index contributed by atoms with van der Waals surface area (Å²) in [4.78, 5) is 12.4. The Hall–Kier alpha value is -2.90. The van der Waals surface area contributed by atoms with Crippen LogP contribution in [0.5, 0.6) is 0 Å². The van der Waals surface area contributed by atoms with Crippen molar-refractivity contribution in [2.45, 2.75) is 30.6 Å². The molecule has 3 aromatic rings. The quantitative estimate of drug-likeness (QED) is 0.496. The zero-order chi connectivity index (χ0) is 18.1. The molecule has 1 heterocycles. The highest BCUT2D eigenvalue weighted by atomic mass is 16.3. The van der Waals surface area contributed by atoms with Gasteiger partial charge in [0.25, 0.3) is 0 Å². The third-order valence-corrected chi connectivity index (χ3v) is 4.96. The molecule has 1 fully saturated rings. The summed E-state index contributed by atoms with van der Waals surface area (Å²) in [5.74, 6) is -0.214. The molecule has 1 saturated carbocycles. The van der Waals surface area contributed by atoms with E-state index in [0.717, 1.165) is 16.5 Å². The molecule has 134 valence electrons. The number of H-pyrrole nitrogens is 1. The van der Waals surface area contributed by atoms with Crippen molar-refractivity contribution in [1.29, 1.82) is 0 Å². The summed E-state index contributed by atoms with van der Waals surface area (Å²) in [7, 11) is 0. The summed E-state index contributed by atoms with van der Waals surface area (Å²) in [5, 5.41) is 33.9. The first-order valence-corrected chi connectivity index (χ1v) is 8.54. The standard InChI is InChI=1S/C19H20N4O3/c24-17-12(11-5-2-1-3-6-11)9-16(18(17)25)22-19(26)21-14-7-4-8-15-13(14)10-20-23-15/h1-8,10,12,16-18,24-25H,9H2,(H,20,23)(H2,21,22,26)/t12-,16-,17+,18-/m0/s1. The second-order valence-corrected chi connectivity index (χ2v) is 6.58. The van der Waals surface area contributed by atoms with Crippen molar-refractivity contribution in [1.82, 2.24) is 15.5 Å². The first kappa shape index (κ1) is 16.6. The number of fused-ring (bicyclic) bond motifs is 1. The van der Waals surface area contributed by atoms with Gasteiger partial charge in [0.15, 0.2) is 0 Å². The van der Waals surface area contributed by atoms with Gasteiger partial charge in [0, 0.05) is 11.3 Å². The Morgan fingerprint density at radius 2 is 1.88 bits per heavy atom. The maximum absolute atomic E-state index is 12.4. The SMILES string of the molecule is O=C(Nc1cccc2[nH]ncc12)N[C@H]1C[C@@H](c2ccccc2)[C@@H](O)[C@H]1O. The summed E-state index contributed by atoms with van der Waals surface area (Å²) >= 11 is 0. The maximum Gasteiger partial charge on any atom is 0.319 e. The lowest BCUT2D eigenvalue weighted by Crippen LogP contribution is -2.44. The molecule has 0 aliphatic heterocycles. The number of benzene rings is 2. The Balaban J connectivity index is 1.45. The third kappa shape index (κ3) is 3.02. The second kappa shape index (κ2) is 6.78. The number of nitrogens with one attached hydrogen (secondary N) is 3. The number of hydrogen-bond acceptors (Lipinski definition) is 4. The number of nitrogens with zero attached hydrogens (tertiary/aromatic N) is 1. The summed E-state index contributed by atoms with van der Waals surface area (Å²) in [6.45, 7) is 0. The minimum atomic E-state index is -1.02. The normalized spacial score (nSPS) is 25.3. The third-order valence-electron chi connectivity index (χ3n) is 4.96. The lowest BCUT2D eigenvalue weighted by Gasteiger charge is -2.18. The molecule has 2 amide bonds.